The first-order chi connectivity index (χ1) is 13.0. The van der Waals surface area contributed by atoms with E-state index in [9.17, 15) is 9.18 Å². The molecule has 1 amide bonds. The molecule has 5 heteroatoms. The molecule has 2 heterocycles. The zero-order chi connectivity index (χ0) is 19.0. The first-order valence-corrected chi connectivity index (χ1v) is 8.63. The summed E-state index contributed by atoms with van der Waals surface area (Å²) in [5.41, 5.74) is 4.91. The van der Waals surface area contributed by atoms with Gasteiger partial charge in [0.2, 0.25) is 0 Å². The molecule has 2 aromatic heterocycles. The molecule has 4 aromatic rings. The number of imidazole rings is 1. The number of amides is 1. The smallest absolute Gasteiger partial charge is 0.258 e. The van der Waals surface area contributed by atoms with Gasteiger partial charge < -0.3 is 9.72 Å². The van der Waals surface area contributed by atoms with E-state index in [1.165, 1.54) is 12.1 Å². The molecule has 4 nitrogen and oxygen atoms in total. The molecule has 0 spiro atoms. The van der Waals surface area contributed by atoms with Crippen LogP contribution in [0.1, 0.15) is 21.5 Å². The molecular weight excluding hydrogens is 341 g/mol. The fourth-order valence-electron chi connectivity index (χ4n) is 2.95. The number of hydrogen-bond acceptors (Lipinski definition) is 2. The summed E-state index contributed by atoms with van der Waals surface area (Å²) in [7, 11) is 0. The number of benzene rings is 2. The lowest BCUT2D eigenvalue weighted by Gasteiger charge is -2.09. The van der Waals surface area contributed by atoms with Crippen LogP contribution in [0.15, 0.2) is 67.0 Å². The second-order valence-electron chi connectivity index (χ2n) is 6.54. The molecule has 2 aromatic carbocycles. The first-order valence-electron chi connectivity index (χ1n) is 8.63. The van der Waals surface area contributed by atoms with Gasteiger partial charge in [0.05, 0.1) is 11.3 Å². The van der Waals surface area contributed by atoms with Crippen LogP contribution in [0.4, 0.5) is 10.1 Å². The summed E-state index contributed by atoms with van der Waals surface area (Å²) >= 11 is 0. The molecule has 0 atom stereocenters. The van der Waals surface area contributed by atoms with Gasteiger partial charge in [-0.05, 0) is 61.4 Å². The summed E-state index contributed by atoms with van der Waals surface area (Å²) in [6, 6.07) is 15.8. The van der Waals surface area contributed by atoms with E-state index in [-0.39, 0.29) is 5.56 Å². The van der Waals surface area contributed by atoms with Gasteiger partial charge in [-0.1, -0.05) is 18.2 Å². The molecule has 0 bridgehead atoms. The third kappa shape index (κ3) is 3.31. The number of rotatable bonds is 3. The van der Waals surface area contributed by atoms with E-state index in [4.69, 9.17) is 0 Å². The van der Waals surface area contributed by atoms with Gasteiger partial charge >= 0.3 is 0 Å². The van der Waals surface area contributed by atoms with Crippen LogP contribution in [0, 0.1) is 19.7 Å². The first kappa shape index (κ1) is 17.0. The normalized spacial score (nSPS) is 10.9. The standard InChI is InChI=1S/C22H18FN3O/c1-14-6-8-17(11-15(14)2)24-22(27)18-9-7-16(12-19(18)23)20-13-26-10-4-3-5-21(26)25-20/h3-13H,1-2H3,(H,24,27). The fraction of sp³-hybridized carbons (Fsp3) is 0.0909. The number of halogens is 1. The van der Waals surface area contributed by atoms with Gasteiger partial charge in [0.1, 0.15) is 11.5 Å². The van der Waals surface area contributed by atoms with Crippen LogP contribution < -0.4 is 5.32 Å². The number of hydrogen-bond donors (Lipinski definition) is 1. The fourth-order valence-corrected chi connectivity index (χ4v) is 2.95. The van der Waals surface area contributed by atoms with Gasteiger partial charge in [0, 0.05) is 23.6 Å². The average Bonchev–Trinajstić information content (AvgIpc) is 3.09. The minimum Gasteiger partial charge on any atom is -0.322 e. The molecule has 0 unspecified atom stereocenters. The van der Waals surface area contributed by atoms with Crippen LogP contribution in [0.3, 0.4) is 0 Å². The molecule has 0 aliphatic rings. The average molecular weight is 359 g/mol. The van der Waals surface area contributed by atoms with E-state index < -0.39 is 11.7 Å². The van der Waals surface area contributed by atoms with Crippen molar-refractivity contribution in [3.63, 3.8) is 0 Å². The van der Waals surface area contributed by atoms with Gasteiger partial charge in [-0.15, -0.1) is 0 Å². The number of aromatic nitrogens is 2. The number of pyridine rings is 1. The lowest BCUT2D eigenvalue weighted by molar-refractivity contribution is 0.102. The van der Waals surface area contributed by atoms with Gasteiger partial charge in [0.25, 0.3) is 5.91 Å². The number of aryl methyl sites for hydroxylation is 2. The second-order valence-corrected chi connectivity index (χ2v) is 6.54. The van der Waals surface area contributed by atoms with Crippen molar-refractivity contribution in [3.8, 4) is 11.3 Å². The largest absolute Gasteiger partial charge is 0.322 e. The lowest BCUT2D eigenvalue weighted by atomic mass is 10.1. The molecule has 0 saturated heterocycles. The number of carbonyl (C=O) groups excluding carboxylic acids is 1. The zero-order valence-electron chi connectivity index (χ0n) is 15.0. The van der Waals surface area contributed by atoms with Gasteiger partial charge in [-0.2, -0.15) is 0 Å². The van der Waals surface area contributed by atoms with Crippen LogP contribution >= 0.6 is 0 Å². The summed E-state index contributed by atoms with van der Waals surface area (Å²) in [6.45, 7) is 3.97. The molecule has 0 radical (unpaired) electrons. The summed E-state index contributed by atoms with van der Waals surface area (Å²) in [5, 5.41) is 2.75. The van der Waals surface area contributed by atoms with Crippen molar-refractivity contribution in [1.29, 1.82) is 0 Å². The Hall–Kier alpha value is -3.47. The second kappa shape index (κ2) is 6.68. The predicted molar refractivity (Wildman–Crippen MR) is 104 cm³/mol. The van der Waals surface area contributed by atoms with E-state index in [1.54, 1.807) is 6.07 Å². The third-order valence-electron chi connectivity index (χ3n) is 4.64. The summed E-state index contributed by atoms with van der Waals surface area (Å²) in [6.07, 6.45) is 3.71. The maximum atomic E-state index is 14.6. The Bertz CT molecular complexity index is 1130. The Morgan fingerprint density at radius 2 is 1.89 bits per heavy atom. The maximum Gasteiger partial charge on any atom is 0.258 e. The highest BCUT2D eigenvalue weighted by molar-refractivity contribution is 6.04. The topological polar surface area (TPSA) is 46.4 Å². The van der Waals surface area contributed by atoms with Crippen LogP contribution in [0.2, 0.25) is 0 Å². The van der Waals surface area contributed by atoms with Gasteiger partial charge in [-0.25, -0.2) is 9.37 Å². The predicted octanol–water partition coefficient (Wildman–Crippen LogP) is 5.01. The monoisotopic (exact) mass is 359 g/mol. The van der Waals surface area contributed by atoms with E-state index in [0.717, 1.165) is 16.8 Å². The summed E-state index contributed by atoms with van der Waals surface area (Å²) in [5.74, 6) is -1.05. The Balaban J connectivity index is 1.60. The zero-order valence-corrected chi connectivity index (χ0v) is 15.0. The number of anilines is 1. The number of nitrogens with zero attached hydrogens (tertiary/aromatic N) is 2. The number of nitrogens with one attached hydrogen (secondary N) is 1. The number of fused-ring (bicyclic) bond motifs is 1. The highest BCUT2D eigenvalue weighted by Crippen LogP contribution is 2.23. The highest BCUT2D eigenvalue weighted by atomic mass is 19.1. The highest BCUT2D eigenvalue weighted by Gasteiger charge is 2.14. The molecule has 0 saturated carbocycles. The van der Waals surface area contributed by atoms with Crippen LogP contribution in [0.5, 0.6) is 0 Å². The maximum absolute atomic E-state index is 14.6. The van der Waals surface area contributed by atoms with Crippen molar-refractivity contribution < 1.29 is 9.18 Å². The van der Waals surface area contributed by atoms with Crippen LogP contribution in [-0.4, -0.2) is 15.3 Å². The van der Waals surface area contributed by atoms with E-state index in [1.807, 2.05) is 67.0 Å². The minimum absolute atomic E-state index is 0.000687. The van der Waals surface area contributed by atoms with Gasteiger partial charge in [0.15, 0.2) is 0 Å². The molecule has 134 valence electrons. The summed E-state index contributed by atoms with van der Waals surface area (Å²) in [4.78, 5) is 16.9. The Morgan fingerprint density at radius 1 is 1.04 bits per heavy atom. The van der Waals surface area contributed by atoms with E-state index in [0.29, 0.717) is 16.9 Å². The molecule has 4 rings (SSSR count). The number of carbonyl (C=O) groups is 1. The van der Waals surface area contributed by atoms with Crippen LogP contribution in [-0.2, 0) is 0 Å². The van der Waals surface area contributed by atoms with E-state index in [2.05, 4.69) is 10.3 Å². The van der Waals surface area contributed by atoms with Crippen LogP contribution in [0.25, 0.3) is 16.9 Å². The molecule has 0 aliphatic heterocycles. The van der Waals surface area contributed by atoms with Crippen molar-refractivity contribution in [1.82, 2.24) is 9.38 Å². The third-order valence-corrected chi connectivity index (χ3v) is 4.64. The molecule has 27 heavy (non-hydrogen) atoms. The van der Waals surface area contributed by atoms with Crippen molar-refractivity contribution >= 4 is 17.2 Å². The van der Waals surface area contributed by atoms with Gasteiger partial charge in [-0.3, -0.25) is 4.79 Å². The Kier molecular flexibility index (Phi) is 4.20. The summed E-state index contributed by atoms with van der Waals surface area (Å²) < 4.78 is 16.5. The minimum atomic E-state index is -0.578. The van der Waals surface area contributed by atoms with Crippen molar-refractivity contribution in [2.24, 2.45) is 0 Å². The van der Waals surface area contributed by atoms with Crippen molar-refractivity contribution in [2.45, 2.75) is 13.8 Å². The van der Waals surface area contributed by atoms with E-state index >= 15 is 0 Å². The quantitative estimate of drug-likeness (QED) is 0.559. The molecule has 0 aliphatic carbocycles. The Morgan fingerprint density at radius 3 is 2.63 bits per heavy atom. The molecule has 0 fully saturated rings. The molecule has 1 N–H and O–H groups in total. The Labute approximate surface area is 156 Å². The van der Waals surface area contributed by atoms with Crippen molar-refractivity contribution in [2.75, 3.05) is 5.32 Å². The SMILES string of the molecule is Cc1ccc(NC(=O)c2ccc(-c3cn4ccccc4n3)cc2F)cc1C. The lowest BCUT2D eigenvalue weighted by Crippen LogP contribution is -2.14. The van der Waals surface area contributed by atoms with Crippen molar-refractivity contribution in [3.05, 3.63) is 89.5 Å². The molecular formula is C22H18FN3O.